The Morgan fingerprint density at radius 2 is 1.58 bits per heavy atom. The number of hydrogen-bond acceptors (Lipinski definition) is 15. The number of anilines is 1. The summed E-state index contributed by atoms with van der Waals surface area (Å²) in [6, 6.07) is 5.10. The van der Waals surface area contributed by atoms with E-state index in [1.165, 1.54) is 13.0 Å². The number of aryl methyl sites for hydroxylation is 1. The first-order valence-corrected chi connectivity index (χ1v) is 25.0. The van der Waals surface area contributed by atoms with Gasteiger partial charge in [0.05, 0.1) is 74.7 Å². The summed E-state index contributed by atoms with van der Waals surface area (Å²) in [6.07, 6.45) is 8.14. The fourth-order valence-corrected chi connectivity index (χ4v) is 6.76. The summed E-state index contributed by atoms with van der Waals surface area (Å²) < 4.78 is 84.2. The summed E-state index contributed by atoms with van der Waals surface area (Å²) in [7, 11) is -11.1. The van der Waals surface area contributed by atoms with Gasteiger partial charge in [-0.15, -0.1) is 5.10 Å². The lowest BCUT2D eigenvalue weighted by atomic mass is 9.81. The van der Waals surface area contributed by atoms with Crippen LogP contribution in [0.3, 0.4) is 0 Å². The van der Waals surface area contributed by atoms with Gasteiger partial charge in [-0.3, -0.25) is 39.3 Å². The molecule has 1 aromatic heterocycles. The Labute approximate surface area is 354 Å². The predicted octanol–water partition coefficient (Wildman–Crippen LogP) is 2.19. The zero-order valence-corrected chi connectivity index (χ0v) is 37.1. The van der Waals surface area contributed by atoms with Crippen molar-refractivity contribution < 1.29 is 69.2 Å². The summed E-state index contributed by atoms with van der Waals surface area (Å²) in [4.78, 5) is 85.8. The molecule has 4 N–H and O–H groups in total. The molecular weight excluding hydrogens is 932 g/mol. The third kappa shape index (κ3) is 17.5. The first-order chi connectivity index (χ1) is 27.3. The number of alkyl halides is 2. The molecule has 21 nitrogen and oxygen atoms in total. The zero-order chi connectivity index (χ0) is 46.7. The molecule has 1 saturated carbocycles. The number of nitrogens with zero attached hydrogens (tertiary/aromatic N) is 4. The standard InChI is InChI=1S/C14H13NO7S.C11H10Cl2F2N4O3S.C3H8NO5P.C3H9S/c1-23(21,22)8-5-6-9(10(7-8)15(19)20)14(18)13-11(16)3-2-4-12(13)17;1-5-16-19(11(20)18(5)10(14)15)9-4-8(17-23(2,21)22)6(12)3-7(9)13;5-3(6)1-4-2-10(7,8)9;1-4(2)3/h5-7,13H,2-4H2,1H3;3-4,10,17H,1-2H3;4H,1-2H2,(H,5,6)(H2,7,8,9);1-3H3/q;;;+1/p-1. The number of aliphatic carboxylic acids is 1. The van der Waals surface area contributed by atoms with Crippen LogP contribution in [0.1, 0.15) is 42.0 Å². The van der Waals surface area contributed by atoms with Crippen LogP contribution in [0.15, 0.2) is 40.0 Å². The van der Waals surface area contributed by atoms with E-state index in [-0.39, 0.29) is 49.5 Å². The molecule has 0 aliphatic heterocycles. The van der Waals surface area contributed by atoms with Gasteiger partial charge in [0.2, 0.25) is 10.0 Å². The number of ketones is 3. The molecule has 4 rings (SSSR count). The minimum Gasteiger partial charge on any atom is -0.778 e. The van der Waals surface area contributed by atoms with E-state index in [2.05, 4.69) is 28.6 Å². The molecule has 0 radical (unpaired) electrons. The number of carbonyl (C=O) groups is 4. The Balaban J connectivity index is 0.000000459. The number of aromatic nitrogens is 3. The second kappa shape index (κ2) is 22.6. The third-order valence-electron chi connectivity index (χ3n) is 6.94. The van der Waals surface area contributed by atoms with E-state index in [9.17, 15) is 69.2 Å². The maximum Gasteiger partial charge on any atom is 0.355 e. The van der Waals surface area contributed by atoms with Crippen molar-refractivity contribution in [1.82, 2.24) is 19.7 Å². The minimum absolute atomic E-state index is 0.0257. The van der Waals surface area contributed by atoms with Gasteiger partial charge in [0, 0.05) is 25.2 Å². The number of Topliss-reactive ketones (excluding diaryl/α,β-unsaturated/α-hetero) is 3. The molecule has 60 heavy (non-hydrogen) atoms. The van der Waals surface area contributed by atoms with E-state index < -0.39 is 97.9 Å². The van der Waals surface area contributed by atoms with Crippen molar-refractivity contribution in [3.63, 3.8) is 0 Å². The maximum absolute atomic E-state index is 12.8. The highest BCUT2D eigenvalue weighted by molar-refractivity contribution is 7.94. The number of carbonyl (C=O) groups excluding carboxylic acids is 3. The molecular formula is C31H39Cl2F2N6O15PS3. The van der Waals surface area contributed by atoms with Crippen molar-refractivity contribution >= 4 is 96.2 Å². The van der Waals surface area contributed by atoms with Crippen LogP contribution in [-0.2, 0) is 49.7 Å². The zero-order valence-electron chi connectivity index (χ0n) is 32.3. The molecule has 1 fully saturated rings. The van der Waals surface area contributed by atoms with Gasteiger partial charge in [-0.2, -0.15) is 13.5 Å². The van der Waals surface area contributed by atoms with Crippen LogP contribution in [-0.4, -0.2) is 114 Å². The van der Waals surface area contributed by atoms with Gasteiger partial charge in [-0.05, 0) is 48.5 Å². The van der Waals surface area contributed by atoms with Crippen LogP contribution in [0, 0.1) is 23.0 Å². The van der Waals surface area contributed by atoms with Crippen LogP contribution in [0.2, 0.25) is 10.0 Å². The fraction of sp³-hybridized carbons (Fsp3) is 0.419. The summed E-state index contributed by atoms with van der Waals surface area (Å²) >= 11 is 11.8. The van der Waals surface area contributed by atoms with Gasteiger partial charge >= 0.3 is 18.2 Å². The third-order valence-corrected chi connectivity index (χ3v) is 9.88. The SMILES string of the molecule is CS(=O)(=O)c1ccc(C(=O)C2C(=O)CCCC2=O)c([N+](=O)[O-])c1.C[S+](C)C.Cc1nn(-c2cc(NS(C)(=O)=O)c(Cl)cc2Cl)c(=O)n1C(F)F.O=C(O)CNCP(=O)([O-])O. The summed E-state index contributed by atoms with van der Waals surface area (Å²) in [5.74, 6) is -5.01. The molecule has 1 aliphatic rings. The van der Waals surface area contributed by atoms with E-state index in [0.29, 0.717) is 22.0 Å². The average molecular weight is 972 g/mol. The quantitative estimate of drug-likeness (QED) is 0.0505. The molecule has 0 spiro atoms. The molecule has 1 aliphatic carbocycles. The van der Waals surface area contributed by atoms with Gasteiger partial charge in [-0.1, -0.05) is 23.2 Å². The van der Waals surface area contributed by atoms with Crippen molar-refractivity contribution in [1.29, 1.82) is 0 Å². The predicted molar refractivity (Wildman–Crippen MR) is 216 cm³/mol. The number of hydrogen-bond donors (Lipinski definition) is 4. The summed E-state index contributed by atoms with van der Waals surface area (Å²) in [6.45, 7) is -2.33. The first-order valence-electron chi connectivity index (χ1n) is 16.2. The number of nitro benzene ring substituents is 1. The van der Waals surface area contributed by atoms with Gasteiger partial charge in [0.1, 0.15) is 19.3 Å². The second-order valence-electron chi connectivity index (χ2n) is 12.7. The number of sulfone groups is 1. The lowest BCUT2D eigenvalue weighted by molar-refractivity contribution is -0.385. The second-order valence-corrected chi connectivity index (χ2v) is 21.3. The minimum atomic E-state index is -4.35. The lowest BCUT2D eigenvalue weighted by Gasteiger charge is -2.18. The van der Waals surface area contributed by atoms with Crippen LogP contribution >= 0.6 is 30.8 Å². The van der Waals surface area contributed by atoms with E-state index in [1.807, 2.05) is 5.32 Å². The van der Waals surface area contributed by atoms with Crippen LogP contribution in [0.5, 0.6) is 0 Å². The molecule has 0 saturated heterocycles. The molecule has 0 bridgehead atoms. The van der Waals surface area contributed by atoms with Gasteiger partial charge in [0.15, 0.2) is 27.2 Å². The molecule has 1 unspecified atom stereocenters. The topological polar surface area (TPSA) is 324 Å². The Morgan fingerprint density at radius 1 is 1.05 bits per heavy atom. The van der Waals surface area contributed by atoms with E-state index in [1.54, 1.807) is 0 Å². The van der Waals surface area contributed by atoms with Crippen LogP contribution in [0.25, 0.3) is 5.69 Å². The molecule has 334 valence electrons. The highest BCUT2D eigenvalue weighted by Gasteiger charge is 2.39. The monoisotopic (exact) mass is 970 g/mol. The van der Waals surface area contributed by atoms with Crippen molar-refractivity contribution in [2.24, 2.45) is 5.92 Å². The molecule has 0 amide bonds. The Morgan fingerprint density at radius 3 is 2.00 bits per heavy atom. The van der Waals surface area contributed by atoms with Crippen molar-refractivity contribution in [2.75, 3.05) is 48.8 Å². The number of nitrogens with one attached hydrogen (secondary N) is 2. The van der Waals surface area contributed by atoms with Crippen molar-refractivity contribution in [3.05, 3.63) is 72.4 Å². The number of sulfonamides is 1. The van der Waals surface area contributed by atoms with E-state index in [4.69, 9.17) is 33.2 Å². The summed E-state index contributed by atoms with van der Waals surface area (Å²) in [5, 5.41) is 24.7. The van der Waals surface area contributed by atoms with Crippen molar-refractivity contribution in [2.45, 2.75) is 37.6 Å². The Hall–Kier alpha value is -4.14. The number of benzene rings is 2. The number of carboxylic acid groups (broad SMARTS) is 1. The highest BCUT2D eigenvalue weighted by Crippen LogP contribution is 2.32. The molecule has 29 heteroatoms. The van der Waals surface area contributed by atoms with Crippen LogP contribution in [0.4, 0.5) is 20.2 Å². The van der Waals surface area contributed by atoms with Gasteiger partial charge < -0.3 is 19.5 Å². The maximum atomic E-state index is 12.8. The van der Waals surface area contributed by atoms with E-state index in [0.717, 1.165) is 36.8 Å². The molecule has 1 atom stereocenters. The fourth-order valence-electron chi connectivity index (χ4n) is 4.59. The lowest BCUT2D eigenvalue weighted by Crippen LogP contribution is -2.35. The first kappa shape index (κ1) is 53.9. The van der Waals surface area contributed by atoms with Crippen molar-refractivity contribution in [3.8, 4) is 5.69 Å². The number of carboxylic acids is 1. The molecule has 3 aromatic rings. The average Bonchev–Trinajstić information content (AvgIpc) is 3.37. The number of nitro groups is 1. The normalized spacial score (nSPS) is 14.2. The Kier molecular flexibility index (Phi) is 20.3. The number of rotatable bonds is 12. The largest absolute Gasteiger partial charge is 0.778 e. The Bertz CT molecular complexity index is 2430. The smallest absolute Gasteiger partial charge is 0.355 e. The molecule has 1 heterocycles. The highest BCUT2D eigenvalue weighted by atomic mass is 35.5. The van der Waals surface area contributed by atoms with E-state index >= 15 is 0 Å². The summed E-state index contributed by atoms with van der Waals surface area (Å²) in [5.41, 5.74) is -2.44. The number of halogens is 4. The molecule has 2 aromatic carbocycles. The van der Waals surface area contributed by atoms with Crippen LogP contribution < -0.4 is 20.6 Å². The van der Waals surface area contributed by atoms with Gasteiger partial charge in [0.25, 0.3) is 5.69 Å². The van der Waals surface area contributed by atoms with Gasteiger partial charge in [-0.25, -0.2) is 26.2 Å².